The average molecular weight is 296 g/mol. The Morgan fingerprint density at radius 2 is 2.25 bits per heavy atom. The second-order valence-electron chi connectivity index (χ2n) is 5.39. The topological polar surface area (TPSA) is 53.4 Å². The van der Waals surface area contributed by atoms with Crippen molar-refractivity contribution in [1.29, 1.82) is 0 Å². The van der Waals surface area contributed by atoms with Gasteiger partial charge in [0.1, 0.15) is 4.88 Å². The first kappa shape index (κ1) is 15.4. The van der Waals surface area contributed by atoms with Crippen LogP contribution in [-0.4, -0.2) is 40.1 Å². The van der Waals surface area contributed by atoms with E-state index in [9.17, 15) is 4.79 Å². The first-order valence-electron chi connectivity index (χ1n) is 7.61. The molecule has 0 saturated carbocycles. The number of thiazole rings is 1. The summed E-state index contributed by atoms with van der Waals surface area (Å²) < 4.78 is 0. The SMILES string of the molecule is CCc1nc(CCN2CCCCC2CC)sc1C(=O)O. The quantitative estimate of drug-likeness (QED) is 0.876. The normalized spacial score (nSPS) is 20.2. The summed E-state index contributed by atoms with van der Waals surface area (Å²) in [6.45, 7) is 6.40. The maximum Gasteiger partial charge on any atom is 0.347 e. The van der Waals surface area contributed by atoms with Gasteiger partial charge in [0.15, 0.2) is 0 Å². The zero-order chi connectivity index (χ0) is 14.5. The Morgan fingerprint density at radius 3 is 2.85 bits per heavy atom. The van der Waals surface area contributed by atoms with Gasteiger partial charge in [0, 0.05) is 19.0 Å². The van der Waals surface area contributed by atoms with Crippen LogP contribution in [-0.2, 0) is 12.8 Å². The van der Waals surface area contributed by atoms with E-state index in [4.69, 9.17) is 5.11 Å². The fraction of sp³-hybridized carbons (Fsp3) is 0.733. The molecule has 0 radical (unpaired) electrons. The molecule has 0 amide bonds. The van der Waals surface area contributed by atoms with Gasteiger partial charge in [-0.1, -0.05) is 20.3 Å². The average Bonchev–Trinajstić information content (AvgIpc) is 2.89. The standard InChI is InChI=1S/C15H24N2O2S/c1-3-11-7-5-6-9-17(11)10-8-13-16-12(4-2)14(20-13)15(18)19/h11H,3-10H2,1-2H3,(H,18,19). The Balaban J connectivity index is 1.98. The number of piperidine rings is 1. The van der Waals surface area contributed by atoms with Crippen molar-refractivity contribution in [3.8, 4) is 0 Å². The Bertz CT molecular complexity index is 459. The minimum Gasteiger partial charge on any atom is -0.477 e. The van der Waals surface area contributed by atoms with Gasteiger partial charge in [-0.3, -0.25) is 4.90 Å². The Labute approximate surface area is 124 Å². The van der Waals surface area contributed by atoms with Crippen molar-refractivity contribution in [2.45, 2.75) is 58.4 Å². The van der Waals surface area contributed by atoms with E-state index in [0.717, 1.165) is 23.7 Å². The van der Waals surface area contributed by atoms with Gasteiger partial charge in [0.2, 0.25) is 0 Å². The molecule has 112 valence electrons. The van der Waals surface area contributed by atoms with E-state index < -0.39 is 5.97 Å². The fourth-order valence-corrected chi connectivity index (χ4v) is 3.95. The molecule has 1 N–H and O–H groups in total. The van der Waals surface area contributed by atoms with E-state index in [-0.39, 0.29) is 0 Å². The van der Waals surface area contributed by atoms with Gasteiger partial charge >= 0.3 is 5.97 Å². The van der Waals surface area contributed by atoms with Crippen LogP contribution in [0.2, 0.25) is 0 Å². The van der Waals surface area contributed by atoms with Crippen LogP contribution in [0.3, 0.4) is 0 Å². The summed E-state index contributed by atoms with van der Waals surface area (Å²) in [7, 11) is 0. The summed E-state index contributed by atoms with van der Waals surface area (Å²) in [5.41, 5.74) is 0.739. The van der Waals surface area contributed by atoms with E-state index in [1.807, 2.05) is 6.92 Å². The third-order valence-corrected chi connectivity index (χ3v) is 5.25. The second-order valence-corrected chi connectivity index (χ2v) is 6.47. The molecule has 1 aliphatic heterocycles. The Morgan fingerprint density at radius 1 is 1.45 bits per heavy atom. The predicted molar refractivity (Wildman–Crippen MR) is 81.7 cm³/mol. The highest BCUT2D eigenvalue weighted by Gasteiger charge is 2.21. The van der Waals surface area contributed by atoms with Crippen LogP contribution in [0, 0.1) is 0 Å². The molecule has 2 rings (SSSR count). The molecule has 0 aliphatic carbocycles. The lowest BCUT2D eigenvalue weighted by atomic mass is 10.00. The molecule has 4 nitrogen and oxygen atoms in total. The Kier molecular flexibility index (Phi) is 5.54. The maximum atomic E-state index is 11.2. The molecule has 0 spiro atoms. The lowest BCUT2D eigenvalue weighted by Crippen LogP contribution is -2.40. The number of rotatable bonds is 6. The van der Waals surface area contributed by atoms with Crippen LogP contribution >= 0.6 is 11.3 Å². The molecule has 1 unspecified atom stereocenters. The summed E-state index contributed by atoms with van der Waals surface area (Å²) in [6, 6.07) is 0.702. The number of aryl methyl sites for hydroxylation is 1. The smallest absolute Gasteiger partial charge is 0.347 e. The van der Waals surface area contributed by atoms with Crippen molar-refractivity contribution >= 4 is 17.3 Å². The number of hydrogen-bond acceptors (Lipinski definition) is 4. The van der Waals surface area contributed by atoms with Crippen LogP contribution < -0.4 is 0 Å². The fourth-order valence-electron chi connectivity index (χ4n) is 2.97. The summed E-state index contributed by atoms with van der Waals surface area (Å²) in [5.74, 6) is -0.838. The van der Waals surface area contributed by atoms with E-state index in [2.05, 4.69) is 16.8 Å². The number of carbonyl (C=O) groups is 1. The van der Waals surface area contributed by atoms with E-state index in [1.165, 1.54) is 43.6 Å². The van der Waals surface area contributed by atoms with Crippen LogP contribution in [0.1, 0.15) is 59.9 Å². The summed E-state index contributed by atoms with van der Waals surface area (Å²) in [4.78, 5) is 18.6. The van der Waals surface area contributed by atoms with Gasteiger partial charge in [-0.15, -0.1) is 11.3 Å². The van der Waals surface area contributed by atoms with Crippen molar-refractivity contribution in [3.63, 3.8) is 0 Å². The van der Waals surface area contributed by atoms with Crippen LogP contribution in [0.5, 0.6) is 0 Å². The van der Waals surface area contributed by atoms with Crippen molar-refractivity contribution < 1.29 is 9.90 Å². The number of aromatic carboxylic acids is 1. The van der Waals surface area contributed by atoms with Crippen molar-refractivity contribution in [1.82, 2.24) is 9.88 Å². The Hall–Kier alpha value is -0.940. The van der Waals surface area contributed by atoms with E-state index in [1.54, 1.807) is 0 Å². The number of hydrogen-bond donors (Lipinski definition) is 1. The third-order valence-electron chi connectivity index (χ3n) is 4.10. The molecule has 1 aromatic rings. The molecule has 1 aliphatic rings. The number of aromatic nitrogens is 1. The van der Waals surface area contributed by atoms with Crippen molar-refractivity contribution in [2.24, 2.45) is 0 Å². The summed E-state index contributed by atoms with van der Waals surface area (Å²) >= 11 is 1.35. The van der Waals surface area contributed by atoms with Gasteiger partial charge in [0.25, 0.3) is 0 Å². The van der Waals surface area contributed by atoms with Crippen molar-refractivity contribution in [3.05, 3.63) is 15.6 Å². The molecule has 0 aromatic carbocycles. The van der Waals surface area contributed by atoms with Crippen LogP contribution in [0.15, 0.2) is 0 Å². The first-order chi connectivity index (χ1) is 9.65. The van der Waals surface area contributed by atoms with Crippen LogP contribution in [0.25, 0.3) is 0 Å². The molecule has 0 bridgehead atoms. The molecular weight excluding hydrogens is 272 g/mol. The summed E-state index contributed by atoms with van der Waals surface area (Å²) in [6.07, 6.45) is 6.71. The number of carboxylic acids is 1. The van der Waals surface area contributed by atoms with E-state index >= 15 is 0 Å². The molecule has 1 fully saturated rings. The van der Waals surface area contributed by atoms with Gasteiger partial charge in [-0.25, -0.2) is 9.78 Å². The van der Waals surface area contributed by atoms with Gasteiger partial charge < -0.3 is 5.11 Å². The molecular formula is C15H24N2O2S. The van der Waals surface area contributed by atoms with Gasteiger partial charge in [-0.2, -0.15) is 0 Å². The third kappa shape index (κ3) is 3.58. The van der Waals surface area contributed by atoms with Crippen molar-refractivity contribution in [2.75, 3.05) is 13.1 Å². The zero-order valence-corrected chi connectivity index (χ0v) is 13.2. The highest BCUT2D eigenvalue weighted by atomic mass is 32.1. The highest BCUT2D eigenvalue weighted by Crippen LogP contribution is 2.23. The molecule has 1 saturated heterocycles. The monoisotopic (exact) mass is 296 g/mol. The molecule has 20 heavy (non-hydrogen) atoms. The number of carboxylic acid groups (broad SMARTS) is 1. The molecule has 2 heterocycles. The molecule has 1 aromatic heterocycles. The number of likely N-dealkylation sites (tertiary alicyclic amines) is 1. The van der Waals surface area contributed by atoms with Crippen LogP contribution in [0.4, 0.5) is 0 Å². The minimum atomic E-state index is -0.838. The summed E-state index contributed by atoms with van der Waals surface area (Å²) in [5, 5.41) is 10.1. The predicted octanol–water partition coefficient (Wildman–Crippen LogP) is 3.21. The number of nitrogens with zero attached hydrogens (tertiary/aromatic N) is 2. The largest absolute Gasteiger partial charge is 0.477 e. The minimum absolute atomic E-state index is 0.424. The highest BCUT2D eigenvalue weighted by molar-refractivity contribution is 7.13. The van der Waals surface area contributed by atoms with E-state index in [0.29, 0.717) is 17.3 Å². The van der Waals surface area contributed by atoms with Gasteiger partial charge in [0.05, 0.1) is 10.7 Å². The maximum absolute atomic E-state index is 11.2. The lowest BCUT2D eigenvalue weighted by molar-refractivity contribution is 0.0701. The molecule has 5 heteroatoms. The first-order valence-corrected chi connectivity index (χ1v) is 8.43. The second kappa shape index (κ2) is 7.18. The lowest BCUT2D eigenvalue weighted by Gasteiger charge is -2.34. The zero-order valence-electron chi connectivity index (χ0n) is 12.4. The molecule has 1 atom stereocenters. The van der Waals surface area contributed by atoms with Gasteiger partial charge in [-0.05, 0) is 32.2 Å².